The summed E-state index contributed by atoms with van der Waals surface area (Å²) in [5.41, 5.74) is 1.03. The van der Waals surface area contributed by atoms with Crippen LogP contribution in [-0.4, -0.2) is 28.2 Å². The monoisotopic (exact) mass is 280 g/mol. The van der Waals surface area contributed by atoms with Crippen LogP contribution in [0.2, 0.25) is 0 Å². The van der Waals surface area contributed by atoms with E-state index in [1.54, 1.807) is 25.1 Å². The maximum absolute atomic E-state index is 11.6. The third-order valence-electron chi connectivity index (χ3n) is 2.51. The first-order valence-corrected chi connectivity index (χ1v) is 6.41. The Morgan fingerprint density at radius 2 is 2.21 bits per heavy atom. The number of ether oxygens (including phenoxy) is 1. The molecule has 7 heteroatoms. The number of carboxylic acids is 1. The third-order valence-corrected chi connectivity index (χ3v) is 3.47. The molecule has 0 saturated heterocycles. The van der Waals surface area contributed by atoms with Crippen LogP contribution in [0, 0.1) is 5.41 Å². The number of nitrogens with zero attached hydrogens (tertiary/aromatic N) is 1. The fraction of sp³-hybridized carbons (Fsp3) is 0.250. The molecule has 2 rings (SSSR count). The summed E-state index contributed by atoms with van der Waals surface area (Å²) in [5.74, 6) is -1.43. The average molecular weight is 280 g/mol. The lowest BCUT2D eigenvalue weighted by molar-refractivity contribution is -0.137. The van der Waals surface area contributed by atoms with Crippen molar-refractivity contribution in [3.8, 4) is 0 Å². The molecule has 1 aromatic carbocycles. The van der Waals surface area contributed by atoms with Crippen LogP contribution >= 0.6 is 11.3 Å². The lowest BCUT2D eigenvalue weighted by Gasteiger charge is -2.03. The average Bonchev–Trinajstić information content (AvgIpc) is 2.65. The normalized spacial score (nSPS) is 10.6. The van der Waals surface area contributed by atoms with Crippen molar-refractivity contribution in [3.05, 3.63) is 28.6 Å². The summed E-state index contributed by atoms with van der Waals surface area (Å²) < 4.78 is 6.97. The van der Waals surface area contributed by atoms with Gasteiger partial charge in [0.05, 0.1) is 22.4 Å². The summed E-state index contributed by atoms with van der Waals surface area (Å²) in [6.07, 6.45) is 0. The van der Waals surface area contributed by atoms with Crippen LogP contribution in [0.5, 0.6) is 0 Å². The van der Waals surface area contributed by atoms with Gasteiger partial charge in [-0.1, -0.05) is 11.3 Å². The van der Waals surface area contributed by atoms with E-state index >= 15 is 0 Å². The molecule has 2 aromatic rings. The van der Waals surface area contributed by atoms with E-state index in [-0.39, 0.29) is 11.3 Å². The molecule has 0 unspecified atom stereocenters. The molecule has 100 valence electrons. The van der Waals surface area contributed by atoms with Crippen molar-refractivity contribution in [2.45, 2.75) is 13.5 Å². The van der Waals surface area contributed by atoms with Crippen molar-refractivity contribution in [3.63, 3.8) is 0 Å². The largest absolute Gasteiger partial charge is 0.480 e. The van der Waals surface area contributed by atoms with E-state index in [0.717, 1.165) is 11.3 Å². The highest BCUT2D eigenvalue weighted by Crippen LogP contribution is 2.19. The fourth-order valence-electron chi connectivity index (χ4n) is 1.72. The Labute approximate surface area is 112 Å². The molecule has 0 atom stereocenters. The van der Waals surface area contributed by atoms with Gasteiger partial charge in [-0.15, -0.1) is 0 Å². The lowest BCUT2D eigenvalue weighted by Crippen LogP contribution is -2.18. The lowest BCUT2D eigenvalue weighted by atomic mass is 10.2. The Morgan fingerprint density at radius 3 is 2.84 bits per heavy atom. The van der Waals surface area contributed by atoms with Gasteiger partial charge >= 0.3 is 11.9 Å². The van der Waals surface area contributed by atoms with Gasteiger partial charge in [-0.05, 0) is 25.1 Å². The highest BCUT2D eigenvalue weighted by Gasteiger charge is 2.12. The van der Waals surface area contributed by atoms with Crippen LogP contribution in [-0.2, 0) is 16.1 Å². The number of aromatic nitrogens is 1. The van der Waals surface area contributed by atoms with E-state index in [9.17, 15) is 9.59 Å². The van der Waals surface area contributed by atoms with E-state index in [2.05, 4.69) is 0 Å². The Balaban J connectivity index is 2.49. The number of rotatable bonds is 4. The van der Waals surface area contributed by atoms with E-state index in [1.807, 2.05) is 0 Å². The van der Waals surface area contributed by atoms with Crippen LogP contribution in [0.25, 0.3) is 10.2 Å². The molecule has 0 radical (unpaired) electrons. The number of benzene rings is 1. The number of hydrogen-bond donors (Lipinski definition) is 2. The zero-order valence-corrected chi connectivity index (χ0v) is 11.0. The summed E-state index contributed by atoms with van der Waals surface area (Å²) in [7, 11) is 0. The van der Waals surface area contributed by atoms with Crippen LogP contribution in [0.15, 0.2) is 18.2 Å². The van der Waals surface area contributed by atoms with Crippen LogP contribution in [0.3, 0.4) is 0 Å². The van der Waals surface area contributed by atoms with Gasteiger partial charge in [-0.2, -0.15) is 0 Å². The van der Waals surface area contributed by atoms with Crippen molar-refractivity contribution in [1.82, 2.24) is 4.57 Å². The molecule has 2 N–H and O–H groups in total. The van der Waals surface area contributed by atoms with E-state index in [4.69, 9.17) is 15.3 Å². The van der Waals surface area contributed by atoms with Crippen LogP contribution in [0.1, 0.15) is 17.3 Å². The quantitative estimate of drug-likeness (QED) is 0.829. The smallest absolute Gasteiger partial charge is 0.338 e. The van der Waals surface area contributed by atoms with Crippen LogP contribution in [0.4, 0.5) is 0 Å². The topological polar surface area (TPSA) is 92.4 Å². The zero-order valence-electron chi connectivity index (χ0n) is 10.2. The minimum atomic E-state index is -1.01. The fourth-order valence-corrected chi connectivity index (χ4v) is 2.67. The first kappa shape index (κ1) is 13.3. The second kappa shape index (κ2) is 5.23. The molecule has 0 spiro atoms. The number of carbonyl (C=O) groups is 2. The molecule has 6 nitrogen and oxygen atoms in total. The van der Waals surface area contributed by atoms with E-state index in [0.29, 0.717) is 22.4 Å². The summed E-state index contributed by atoms with van der Waals surface area (Å²) in [6, 6.07) is 4.83. The van der Waals surface area contributed by atoms with Gasteiger partial charge in [0.1, 0.15) is 6.54 Å². The Morgan fingerprint density at radius 1 is 1.47 bits per heavy atom. The highest BCUT2D eigenvalue weighted by atomic mass is 32.1. The van der Waals surface area contributed by atoms with Crippen molar-refractivity contribution >= 4 is 33.5 Å². The molecule has 1 heterocycles. The first-order chi connectivity index (χ1) is 9.02. The molecule has 0 amide bonds. The summed E-state index contributed by atoms with van der Waals surface area (Å²) in [5, 5.41) is 16.6. The second-order valence-electron chi connectivity index (χ2n) is 3.79. The standard InChI is InChI=1S/C12H12N2O4S/c1-2-18-11(17)7-3-4-8-9(5-7)19-12(13)14(8)6-10(15)16/h3-5,13H,2,6H2,1H3,(H,15,16). The van der Waals surface area contributed by atoms with Crippen molar-refractivity contribution < 1.29 is 19.4 Å². The van der Waals surface area contributed by atoms with Crippen molar-refractivity contribution in [2.75, 3.05) is 6.61 Å². The number of esters is 1. The Hall–Kier alpha value is -2.15. The number of thiazole rings is 1. The minimum Gasteiger partial charge on any atom is -0.480 e. The highest BCUT2D eigenvalue weighted by molar-refractivity contribution is 7.16. The minimum absolute atomic E-state index is 0.137. The van der Waals surface area contributed by atoms with Gasteiger partial charge in [-0.3, -0.25) is 10.2 Å². The molecule has 19 heavy (non-hydrogen) atoms. The van der Waals surface area contributed by atoms with Gasteiger partial charge in [-0.25, -0.2) is 4.79 Å². The van der Waals surface area contributed by atoms with Gasteiger partial charge in [0, 0.05) is 0 Å². The molecule has 0 aliphatic heterocycles. The number of carboxylic acid groups (broad SMARTS) is 1. The summed E-state index contributed by atoms with van der Waals surface area (Å²) in [6.45, 7) is 1.76. The molecule has 0 saturated carbocycles. The molecular formula is C12H12N2O4S. The summed E-state index contributed by atoms with van der Waals surface area (Å²) >= 11 is 1.13. The predicted octanol–water partition coefficient (Wildman–Crippen LogP) is 1.44. The molecular weight excluding hydrogens is 268 g/mol. The molecule has 0 aliphatic rings. The van der Waals surface area contributed by atoms with Gasteiger partial charge in [0.2, 0.25) is 0 Å². The van der Waals surface area contributed by atoms with Crippen molar-refractivity contribution in [1.29, 1.82) is 5.41 Å². The SMILES string of the molecule is CCOC(=O)c1ccc2c(c1)sc(=N)n2CC(=O)O. The number of fused-ring (bicyclic) bond motifs is 1. The Kier molecular flexibility index (Phi) is 3.66. The molecule has 0 fully saturated rings. The van der Waals surface area contributed by atoms with E-state index < -0.39 is 11.9 Å². The number of carbonyl (C=O) groups excluding carboxylic acids is 1. The van der Waals surface area contributed by atoms with E-state index in [1.165, 1.54) is 4.57 Å². The second-order valence-corrected chi connectivity index (χ2v) is 4.82. The maximum atomic E-state index is 11.6. The van der Waals surface area contributed by atoms with Gasteiger partial charge in [0.15, 0.2) is 4.80 Å². The van der Waals surface area contributed by atoms with Crippen molar-refractivity contribution in [2.24, 2.45) is 0 Å². The third kappa shape index (κ3) is 2.65. The number of hydrogen-bond acceptors (Lipinski definition) is 5. The molecule has 0 bridgehead atoms. The maximum Gasteiger partial charge on any atom is 0.338 e. The predicted molar refractivity (Wildman–Crippen MR) is 69.3 cm³/mol. The molecule has 1 aromatic heterocycles. The first-order valence-electron chi connectivity index (χ1n) is 5.60. The van der Waals surface area contributed by atoms with Gasteiger partial charge < -0.3 is 14.4 Å². The molecule has 0 aliphatic carbocycles. The number of nitrogens with one attached hydrogen (secondary N) is 1. The van der Waals surface area contributed by atoms with Gasteiger partial charge in [0.25, 0.3) is 0 Å². The van der Waals surface area contributed by atoms with Crippen LogP contribution < -0.4 is 4.80 Å². The summed E-state index contributed by atoms with van der Waals surface area (Å²) in [4.78, 5) is 22.5. The zero-order chi connectivity index (χ0) is 14.0. The Bertz CT molecular complexity index is 701. The number of aliphatic carboxylic acids is 1.